The van der Waals surface area contributed by atoms with Crippen LogP contribution in [0.3, 0.4) is 0 Å². The molecule has 0 radical (unpaired) electrons. The van der Waals surface area contributed by atoms with E-state index in [4.69, 9.17) is 19.8 Å². The smallest absolute Gasteiger partial charge is 0.262 e. The van der Waals surface area contributed by atoms with Crippen molar-refractivity contribution in [1.82, 2.24) is 39.8 Å². The average Bonchev–Trinajstić information content (AvgIpc) is 3.76. The Morgan fingerprint density at radius 2 is 1.56 bits per heavy atom. The predicted octanol–water partition coefficient (Wildman–Crippen LogP) is 4.38. The number of methoxy groups -OCH3 is 1. The molecule has 1 aromatic carbocycles. The largest absolute Gasteiger partial charge is 0.381 e. The van der Waals surface area contributed by atoms with Gasteiger partial charge in [0.2, 0.25) is 17.8 Å². The highest BCUT2D eigenvalue weighted by atomic mass is 16.5. The molecule has 4 amide bonds. The average molecular weight is 833 g/mol. The monoisotopic (exact) mass is 832 g/mol. The fourth-order valence-corrected chi connectivity index (χ4v) is 9.91. The van der Waals surface area contributed by atoms with Gasteiger partial charge in [-0.15, -0.1) is 0 Å². The summed E-state index contributed by atoms with van der Waals surface area (Å²) < 4.78 is 7.64. The lowest BCUT2D eigenvalue weighted by molar-refractivity contribution is -0.136. The van der Waals surface area contributed by atoms with Crippen LogP contribution in [0.5, 0.6) is 0 Å². The van der Waals surface area contributed by atoms with Gasteiger partial charge in [-0.25, -0.2) is 9.97 Å². The number of benzene rings is 1. The number of ether oxygens (including phenoxy) is 1. The number of carbonyl (C=O) groups excluding carboxylic acids is 4. The molecule has 322 valence electrons. The minimum Gasteiger partial charge on any atom is -0.381 e. The quantitative estimate of drug-likeness (QED) is 0.216. The van der Waals surface area contributed by atoms with Crippen LogP contribution in [-0.4, -0.2) is 135 Å². The van der Waals surface area contributed by atoms with Gasteiger partial charge in [0.15, 0.2) is 5.82 Å². The number of rotatable bonds is 10. The normalized spacial score (nSPS) is 23.4. The second-order valence-electron chi connectivity index (χ2n) is 17.6. The van der Waals surface area contributed by atoms with Crippen molar-refractivity contribution in [3.05, 3.63) is 53.9 Å². The van der Waals surface area contributed by atoms with E-state index in [0.717, 1.165) is 98.8 Å². The molecular formula is C44H56N12O5. The number of hydrogen-bond donors (Lipinski definition) is 2. The van der Waals surface area contributed by atoms with Crippen LogP contribution in [0, 0.1) is 5.92 Å². The van der Waals surface area contributed by atoms with Gasteiger partial charge in [-0.3, -0.25) is 39.0 Å². The van der Waals surface area contributed by atoms with Gasteiger partial charge >= 0.3 is 0 Å². The third kappa shape index (κ3) is 7.89. The SMILES string of the molecule is COC1CCN(c2nccc(Nc3cc4c(cn3)c(N3CCC(CN5C(C)CN(c6ccc7c(c6)C(=O)N(C6CCC(=O)NC6=O)C7=O)CC5C)CC3)nn4C(C)C)n2)CC1. The molecule has 2 N–H and O–H groups in total. The molecule has 5 aliphatic heterocycles. The van der Waals surface area contributed by atoms with Crippen molar-refractivity contribution in [3.8, 4) is 0 Å². The zero-order chi connectivity index (χ0) is 42.5. The fraction of sp³-hybridized carbons (Fsp3) is 0.545. The Kier molecular flexibility index (Phi) is 11.1. The van der Waals surface area contributed by atoms with Gasteiger partial charge < -0.3 is 24.8 Å². The molecule has 0 saturated carbocycles. The van der Waals surface area contributed by atoms with E-state index in [1.54, 1.807) is 25.4 Å². The second kappa shape index (κ2) is 16.6. The number of amides is 4. The van der Waals surface area contributed by atoms with Gasteiger partial charge in [0.1, 0.15) is 17.7 Å². The first-order valence-electron chi connectivity index (χ1n) is 21.8. The summed E-state index contributed by atoms with van der Waals surface area (Å²) in [4.78, 5) is 75.8. The number of nitrogens with one attached hydrogen (secondary N) is 2. The van der Waals surface area contributed by atoms with Crippen molar-refractivity contribution in [2.24, 2.45) is 5.92 Å². The summed E-state index contributed by atoms with van der Waals surface area (Å²) in [5.74, 6) is 1.69. The van der Waals surface area contributed by atoms with Gasteiger partial charge in [0.25, 0.3) is 11.8 Å². The first-order chi connectivity index (χ1) is 29.4. The van der Waals surface area contributed by atoms with Crippen LogP contribution in [0.4, 0.5) is 29.1 Å². The lowest BCUT2D eigenvalue weighted by Crippen LogP contribution is -2.58. The topological polar surface area (TPSA) is 174 Å². The van der Waals surface area contributed by atoms with E-state index >= 15 is 0 Å². The van der Waals surface area contributed by atoms with Crippen LogP contribution < -0.4 is 25.3 Å². The van der Waals surface area contributed by atoms with Crippen molar-refractivity contribution in [2.75, 3.05) is 72.9 Å². The molecule has 61 heavy (non-hydrogen) atoms. The van der Waals surface area contributed by atoms with Crippen LogP contribution in [0.15, 0.2) is 42.7 Å². The molecule has 3 unspecified atom stereocenters. The van der Waals surface area contributed by atoms with Gasteiger partial charge in [-0.2, -0.15) is 10.1 Å². The Labute approximate surface area is 355 Å². The summed E-state index contributed by atoms with van der Waals surface area (Å²) in [7, 11) is 1.77. The van der Waals surface area contributed by atoms with Gasteiger partial charge in [0, 0.05) is 102 Å². The Hall–Kier alpha value is -5.68. The molecule has 17 heteroatoms. The molecule has 17 nitrogen and oxygen atoms in total. The number of aromatic nitrogens is 5. The summed E-state index contributed by atoms with van der Waals surface area (Å²) in [5, 5.41) is 11.9. The van der Waals surface area contributed by atoms with Crippen molar-refractivity contribution in [2.45, 2.75) is 96.5 Å². The molecule has 3 atom stereocenters. The van der Waals surface area contributed by atoms with E-state index in [0.29, 0.717) is 34.6 Å². The molecule has 8 heterocycles. The van der Waals surface area contributed by atoms with Gasteiger partial charge in [0.05, 0.1) is 28.1 Å². The maximum atomic E-state index is 13.5. The van der Waals surface area contributed by atoms with Crippen molar-refractivity contribution >= 4 is 63.6 Å². The van der Waals surface area contributed by atoms with Crippen molar-refractivity contribution in [1.29, 1.82) is 0 Å². The Bertz CT molecular complexity index is 2320. The number of imide groups is 2. The van der Waals surface area contributed by atoms with Crippen LogP contribution in [0.2, 0.25) is 0 Å². The summed E-state index contributed by atoms with van der Waals surface area (Å²) in [6, 6.07) is 9.08. The highest BCUT2D eigenvalue weighted by Gasteiger charge is 2.45. The summed E-state index contributed by atoms with van der Waals surface area (Å²) in [6.45, 7) is 15.0. The second-order valence-corrected chi connectivity index (χ2v) is 17.6. The number of piperazine rings is 1. The predicted molar refractivity (Wildman–Crippen MR) is 231 cm³/mol. The highest BCUT2D eigenvalue weighted by molar-refractivity contribution is 6.23. The Morgan fingerprint density at radius 3 is 2.26 bits per heavy atom. The summed E-state index contributed by atoms with van der Waals surface area (Å²) in [6.07, 6.45) is 8.29. The van der Waals surface area contributed by atoms with E-state index in [2.05, 4.69) is 73.7 Å². The Balaban J connectivity index is 0.817. The number of piperidine rings is 3. The first-order valence-corrected chi connectivity index (χ1v) is 21.8. The molecule has 9 rings (SSSR count). The number of anilines is 5. The molecule has 4 aromatic rings. The van der Waals surface area contributed by atoms with Crippen molar-refractivity contribution < 1.29 is 23.9 Å². The number of carbonyl (C=O) groups is 4. The fourth-order valence-electron chi connectivity index (χ4n) is 9.91. The van der Waals surface area contributed by atoms with E-state index < -0.39 is 23.8 Å². The molecule has 4 saturated heterocycles. The third-order valence-corrected chi connectivity index (χ3v) is 13.3. The van der Waals surface area contributed by atoms with Crippen LogP contribution in [-0.2, 0) is 14.3 Å². The van der Waals surface area contributed by atoms with Gasteiger partial charge in [-0.05, 0) is 90.0 Å². The van der Waals surface area contributed by atoms with Crippen LogP contribution in [0.25, 0.3) is 10.9 Å². The standard InChI is InChI=1S/C44H56N12O5/c1-26(2)56-36-21-38(47-37-10-15-45-44(48-37)52-18-13-31(61-5)14-19-52)46-22-34(36)40(50-56)51-16-11-29(12-17-51)25-54-27(3)23-53(24-28(54)4)30-6-7-32-33(20-30)43(60)55(42(32)59)35-8-9-39(57)49-41(35)58/h6-7,10,15,20-22,26-29,31,35H,8-9,11-14,16-19,23-25H2,1-5H3,(H,49,57,58)(H,45,46,47,48). The molecule has 5 aliphatic rings. The molecule has 3 aromatic heterocycles. The summed E-state index contributed by atoms with van der Waals surface area (Å²) >= 11 is 0. The zero-order valence-corrected chi connectivity index (χ0v) is 35.7. The van der Waals surface area contributed by atoms with Crippen LogP contribution in [0.1, 0.15) is 93.0 Å². The van der Waals surface area contributed by atoms with E-state index in [1.165, 1.54) is 0 Å². The van der Waals surface area contributed by atoms with E-state index in [-0.39, 0.29) is 43.0 Å². The first kappa shape index (κ1) is 40.7. The lowest BCUT2D eigenvalue weighted by atomic mass is 9.94. The molecule has 0 aliphatic carbocycles. The molecule has 0 bridgehead atoms. The third-order valence-electron chi connectivity index (χ3n) is 13.3. The number of hydrogen-bond acceptors (Lipinski definition) is 14. The molecular weight excluding hydrogens is 777 g/mol. The lowest BCUT2D eigenvalue weighted by Gasteiger charge is -2.47. The maximum Gasteiger partial charge on any atom is 0.262 e. The number of nitrogens with zero attached hydrogens (tertiary/aromatic N) is 10. The van der Waals surface area contributed by atoms with Crippen LogP contribution >= 0.6 is 0 Å². The number of pyridine rings is 1. The minimum atomic E-state index is -0.977. The zero-order valence-electron chi connectivity index (χ0n) is 35.7. The highest BCUT2D eigenvalue weighted by Crippen LogP contribution is 2.35. The van der Waals surface area contributed by atoms with E-state index in [1.807, 2.05) is 18.3 Å². The Morgan fingerprint density at radius 1 is 0.836 bits per heavy atom. The molecule has 4 fully saturated rings. The summed E-state index contributed by atoms with van der Waals surface area (Å²) in [5.41, 5.74) is 2.53. The number of fused-ring (bicyclic) bond motifs is 2. The van der Waals surface area contributed by atoms with E-state index in [9.17, 15) is 19.2 Å². The molecule has 0 spiro atoms. The minimum absolute atomic E-state index is 0.0932. The van der Waals surface area contributed by atoms with Gasteiger partial charge in [-0.1, -0.05) is 0 Å². The van der Waals surface area contributed by atoms with Crippen molar-refractivity contribution in [3.63, 3.8) is 0 Å². The maximum absolute atomic E-state index is 13.5.